The number of hydrogen-bond acceptors (Lipinski definition) is 8. The van der Waals surface area contributed by atoms with E-state index in [1.165, 1.54) is 0 Å². The molecule has 0 fully saturated rings. The van der Waals surface area contributed by atoms with Gasteiger partial charge in [-0.2, -0.15) is 26.3 Å². The summed E-state index contributed by atoms with van der Waals surface area (Å²) in [6.45, 7) is 0.651. The van der Waals surface area contributed by atoms with Crippen LogP contribution in [-0.2, 0) is 30.6 Å². The Morgan fingerprint density at radius 2 is 1.77 bits per heavy atom. The molecule has 13 nitrogen and oxygen atoms in total. The fourth-order valence-electron chi connectivity index (χ4n) is 2.85. The summed E-state index contributed by atoms with van der Waals surface area (Å²) in [6.07, 6.45) is -10.5. The zero-order valence-electron chi connectivity index (χ0n) is 20.0. The average molecular weight is 602 g/mol. The number of rotatable bonds is 10. The Kier molecular flexibility index (Phi) is 9.76. The Labute approximate surface area is 220 Å². The van der Waals surface area contributed by atoms with E-state index >= 15 is 0 Å². The van der Waals surface area contributed by atoms with Crippen LogP contribution in [0.25, 0.3) is 0 Å². The van der Waals surface area contributed by atoms with Gasteiger partial charge >= 0.3 is 23.9 Å². The molecule has 0 aliphatic carbocycles. The third-order valence-electron chi connectivity index (χ3n) is 4.71. The maximum Gasteiger partial charge on any atom is 0.493 e. The first-order chi connectivity index (χ1) is 18.3. The summed E-state index contributed by atoms with van der Waals surface area (Å²) >= 11 is 0. The molecule has 40 heavy (non-hydrogen) atoms. The number of guanidine groups is 1. The van der Waals surface area contributed by atoms with E-state index in [0.717, 1.165) is 25.1 Å². The number of nitrogens with zero attached hydrogens (tertiary/aromatic N) is 1. The highest BCUT2D eigenvalue weighted by molar-refractivity contribution is 7.92. The molecule has 1 aromatic carbocycles. The Hall–Kier alpha value is -4.33. The molecule has 2 aromatic rings. The highest BCUT2D eigenvalue weighted by Gasteiger charge is 2.43. The number of anilines is 1. The second-order valence-electron chi connectivity index (χ2n) is 7.66. The van der Waals surface area contributed by atoms with Crippen molar-refractivity contribution in [2.45, 2.75) is 30.1 Å². The summed E-state index contributed by atoms with van der Waals surface area (Å²) in [7, 11) is -4.91. The first-order valence-corrected chi connectivity index (χ1v) is 12.1. The van der Waals surface area contributed by atoms with E-state index < -0.39 is 73.5 Å². The molecule has 20 heteroatoms. The predicted molar refractivity (Wildman–Crippen MR) is 123 cm³/mol. The van der Waals surface area contributed by atoms with E-state index in [1.807, 2.05) is 5.48 Å². The van der Waals surface area contributed by atoms with Crippen LogP contribution < -0.4 is 31.6 Å². The number of alkyl halides is 6. The predicted octanol–water partition coefficient (Wildman–Crippen LogP) is 0.820. The van der Waals surface area contributed by atoms with Crippen molar-refractivity contribution in [3.8, 4) is 0 Å². The fraction of sp³-hybridized carbons (Fsp3) is 0.300. The number of benzene rings is 1. The van der Waals surface area contributed by atoms with E-state index in [2.05, 4.69) is 10.2 Å². The molecule has 0 bridgehead atoms. The van der Waals surface area contributed by atoms with Gasteiger partial charge in [0.25, 0.3) is 10.0 Å². The Morgan fingerprint density at radius 1 is 1.12 bits per heavy atom. The number of amides is 1. The summed E-state index contributed by atoms with van der Waals surface area (Å²) < 4.78 is 104. The molecule has 0 saturated carbocycles. The minimum absolute atomic E-state index is 0.217. The third-order valence-corrected chi connectivity index (χ3v) is 6.08. The molecule has 6 N–H and O–H groups in total. The number of aromatic nitrogens is 1. The van der Waals surface area contributed by atoms with Crippen molar-refractivity contribution in [1.82, 2.24) is 15.5 Å². The smallest absolute Gasteiger partial charge is 0.368 e. The monoisotopic (exact) mass is 602 g/mol. The summed E-state index contributed by atoms with van der Waals surface area (Å²) in [6, 6.07) is 3.86. The molecule has 0 radical (unpaired) electrons. The van der Waals surface area contributed by atoms with Gasteiger partial charge in [-0.25, -0.2) is 18.7 Å². The van der Waals surface area contributed by atoms with Crippen LogP contribution in [0.4, 0.5) is 32.0 Å². The number of carbonyl (C=O) groups excluding carboxylic acids is 2. The normalized spacial score (nSPS) is 12.8. The van der Waals surface area contributed by atoms with Crippen LogP contribution in [0.1, 0.15) is 24.1 Å². The molecule has 1 heterocycles. The molecule has 0 spiro atoms. The molecule has 220 valence electrons. The Morgan fingerprint density at radius 3 is 2.35 bits per heavy atom. The summed E-state index contributed by atoms with van der Waals surface area (Å²) in [5.74, 6) is -5.84. The Bertz CT molecular complexity index is 1440. The van der Waals surface area contributed by atoms with Crippen LogP contribution in [-0.4, -0.2) is 50.3 Å². The number of nitrogens with one attached hydrogen (secondary N) is 4. The van der Waals surface area contributed by atoms with Crippen molar-refractivity contribution in [2.24, 2.45) is 5.73 Å². The molecule has 0 aliphatic heterocycles. The highest BCUT2D eigenvalue weighted by atomic mass is 32.2. The van der Waals surface area contributed by atoms with Gasteiger partial charge in [0.05, 0.1) is 28.7 Å². The number of hydrogen-bond donors (Lipinski definition) is 5. The molecule has 1 aromatic heterocycles. The van der Waals surface area contributed by atoms with Crippen molar-refractivity contribution in [3.05, 3.63) is 58.0 Å². The van der Waals surface area contributed by atoms with Crippen molar-refractivity contribution in [2.75, 3.05) is 17.9 Å². The molecule has 0 saturated heterocycles. The lowest BCUT2D eigenvalue weighted by molar-refractivity contribution is -0.200. The van der Waals surface area contributed by atoms with Crippen molar-refractivity contribution in [1.29, 1.82) is 5.41 Å². The first kappa shape index (κ1) is 31.9. The van der Waals surface area contributed by atoms with E-state index in [9.17, 15) is 49.1 Å². The minimum atomic E-state index is -5.61. The van der Waals surface area contributed by atoms with Crippen molar-refractivity contribution >= 4 is 33.5 Å². The van der Waals surface area contributed by atoms with Crippen LogP contribution in [0.15, 0.2) is 46.1 Å². The molecule has 1 unspecified atom stereocenters. The van der Waals surface area contributed by atoms with E-state index in [1.54, 1.807) is 4.72 Å². The largest absolute Gasteiger partial charge is 0.493 e. The zero-order valence-corrected chi connectivity index (χ0v) is 20.8. The molecular weight excluding hydrogens is 582 g/mol. The molecular formula is C20H20F6N6O7S. The molecule has 0 aliphatic rings. The van der Waals surface area contributed by atoms with E-state index in [4.69, 9.17) is 16.0 Å². The van der Waals surface area contributed by atoms with Gasteiger partial charge in [0.1, 0.15) is 5.69 Å². The quantitative estimate of drug-likeness (QED) is 0.0860. The van der Waals surface area contributed by atoms with E-state index in [-0.39, 0.29) is 23.9 Å². The van der Waals surface area contributed by atoms with Crippen LogP contribution in [0, 0.1) is 5.41 Å². The Balaban J connectivity index is 2.43. The first-order valence-electron chi connectivity index (χ1n) is 10.6. The van der Waals surface area contributed by atoms with Crippen molar-refractivity contribution < 1.29 is 54.0 Å². The number of carbonyl (C=O) groups is 2. The minimum Gasteiger partial charge on any atom is -0.368 e. The third kappa shape index (κ3) is 8.33. The van der Waals surface area contributed by atoms with Crippen molar-refractivity contribution in [3.63, 3.8) is 0 Å². The van der Waals surface area contributed by atoms with Gasteiger partial charge in [-0.1, -0.05) is 6.07 Å². The van der Waals surface area contributed by atoms with Gasteiger partial charge in [0.15, 0.2) is 0 Å². The van der Waals surface area contributed by atoms with Crippen LogP contribution in [0.5, 0.6) is 0 Å². The number of sulfonamides is 1. The van der Waals surface area contributed by atoms with Gasteiger partial charge in [-0.05, 0) is 37.3 Å². The maximum absolute atomic E-state index is 13.0. The number of nitrogens with two attached hydrogens (primary N) is 1. The SMILES string of the molecule is CC(C(=O)NCCONC(=N)N)c1ccc(NS(=O)(=O)c2cccc(C(F)(F)F)c2)c(=O)n1OC(=O)C(F)(F)F. The summed E-state index contributed by atoms with van der Waals surface area (Å²) in [5.41, 5.74) is 2.26. The number of pyridine rings is 1. The summed E-state index contributed by atoms with van der Waals surface area (Å²) in [5, 5.41) is 9.19. The second-order valence-corrected chi connectivity index (χ2v) is 9.34. The fourth-order valence-corrected chi connectivity index (χ4v) is 3.95. The number of hydroxylamine groups is 1. The summed E-state index contributed by atoms with van der Waals surface area (Å²) in [4.78, 5) is 44.7. The van der Waals surface area contributed by atoms with Crippen LogP contribution >= 0.6 is 0 Å². The highest BCUT2D eigenvalue weighted by Crippen LogP contribution is 2.31. The average Bonchev–Trinajstić information content (AvgIpc) is 2.84. The van der Waals surface area contributed by atoms with Crippen LogP contribution in [0.2, 0.25) is 0 Å². The maximum atomic E-state index is 13.0. The van der Waals surface area contributed by atoms with E-state index in [0.29, 0.717) is 12.1 Å². The molecule has 1 atom stereocenters. The molecule has 2 rings (SSSR count). The van der Waals surface area contributed by atoms with Crippen LogP contribution in [0.3, 0.4) is 0 Å². The lowest BCUT2D eigenvalue weighted by Crippen LogP contribution is -2.42. The van der Waals surface area contributed by atoms with Gasteiger partial charge < -0.3 is 15.9 Å². The zero-order chi connectivity index (χ0) is 30.5. The molecule has 1 amide bonds. The van der Waals surface area contributed by atoms with Gasteiger partial charge in [-0.15, -0.1) is 4.73 Å². The van der Waals surface area contributed by atoms with Gasteiger partial charge in [0, 0.05) is 6.54 Å². The van der Waals surface area contributed by atoms with Gasteiger partial charge in [-0.3, -0.25) is 24.6 Å². The lowest BCUT2D eigenvalue weighted by Gasteiger charge is -2.19. The van der Waals surface area contributed by atoms with Gasteiger partial charge in [0.2, 0.25) is 11.9 Å². The standard InChI is InChI=1S/C20H20F6N6O7S/c1-10(15(33)29-7-8-38-30-18(27)28)14-6-5-13(16(34)32(14)39-17(35)20(24,25)26)31-40(36,37)12-4-2-3-11(9-12)19(21,22)23/h2-6,9-10,31H,7-8H2,1H3,(H,29,33)(H4,27,28,30). The topological polar surface area (TPSA) is 195 Å². The lowest BCUT2D eigenvalue weighted by atomic mass is 10.1. The number of halogens is 6. The second kappa shape index (κ2) is 12.2.